The highest BCUT2D eigenvalue weighted by Crippen LogP contribution is 2.33. The normalized spacial score (nSPS) is 10.1. The molecule has 0 atom stereocenters. The Balaban J connectivity index is 2.42. The van der Waals surface area contributed by atoms with E-state index < -0.39 is 4.92 Å². The Kier molecular flexibility index (Phi) is 2.59. The molecule has 82 valence electrons. The maximum absolute atomic E-state index is 10.8. The third-order valence-corrected chi connectivity index (χ3v) is 2.17. The smallest absolute Gasteiger partial charge is 0.311 e. The van der Waals surface area contributed by atoms with E-state index in [4.69, 9.17) is 4.74 Å². The summed E-state index contributed by atoms with van der Waals surface area (Å²) < 4.78 is 5.44. The van der Waals surface area contributed by atoms with Crippen molar-refractivity contribution in [2.45, 2.75) is 6.92 Å². The first-order valence-electron chi connectivity index (χ1n) is 4.74. The Morgan fingerprint density at radius 1 is 1.31 bits per heavy atom. The van der Waals surface area contributed by atoms with Crippen LogP contribution in [0.5, 0.6) is 11.6 Å². The average Bonchev–Trinajstić information content (AvgIpc) is 2.73. The highest BCUT2D eigenvalue weighted by molar-refractivity contribution is 5.52. The number of H-pyrrole nitrogens is 1. The highest BCUT2D eigenvalue weighted by atomic mass is 16.6. The minimum Gasteiger partial charge on any atom is -0.434 e. The van der Waals surface area contributed by atoms with Crippen LogP contribution in [0, 0.1) is 17.0 Å². The Bertz CT molecular complexity index is 506. The third kappa shape index (κ3) is 1.88. The number of ether oxygens (including phenoxy) is 1. The maximum Gasteiger partial charge on any atom is 0.311 e. The molecule has 16 heavy (non-hydrogen) atoms. The van der Waals surface area contributed by atoms with Crippen LogP contribution in [0.3, 0.4) is 0 Å². The number of nitro benzene ring substituents is 1. The Morgan fingerprint density at radius 2 is 2.12 bits per heavy atom. The van der Waals surface area contributed by atoms with Gasteiger partial charge in [0.05, 0.1) is 4.92 Å². The number of aryl methyl sites for hydroxylation is 1. The molecule has 0 aliphatic carbocycles. The summed E-state index contributed by atoms with van der Waals surface area (Å²) in [7, 11) is 0. The molecule has 0 aliphatic heterocycles. The molecule has 0 radical (unpaired) electrons. The SMILES string of the molecule is Cc1cccc([N+](=O)[O-])c1Oc1ccc[nH]1. The van der Waals surface area contributed by atoms with Crippen molar-refractivity contribution in [2.24, 2.45) is 0 Å². The second kappa shape index (κ2) is 4.06. The van der Waals surface area contributed by atoms with Crippen molar-refractivity contribution in [1.29, 1.82) is 0 Å². The molecule has 1 aromatic heterocycles. The average molecular weight is 218 g/mol. The molecular formula is C11H10N2O3. The number of aromatic amines is 1. The predicted octanol–water partition coefficient (Wildman–Crippen LogP) is 3.02. The van der Waals surface area contributed by atoms with Crippen LogP contribution in [-0.4, -0.2) is 9.91 Å². The quantitative estimate of drug-likeness (QED) is 0.635. The van der Waals surface area contributed by atoms with Crippen LogP contribution in [0.25, 0.3) is 0 Å². The lowest BCUT2D eigenvalue weighted by Crippen LogP contribution is -1.95. The fourth-order valence-corrected chi connectivity index (χ4v) is 1.40. The number of hydrogen-bond donors (Lipinski definition) is 1. The van der Waals surface area contributed by atoms with Gasteiger partial charge in [0.1, 0.15) is 0 Å². The van der Waals surface area contributed by atoms with E-state index in [2.05, 4.69) is 4.98 Å². The van der Waals surface area contributed by atoms with Crippen LogP contribution in [0.4, 0.5) is 5.69 Å². The molecule has 2 aromatic rings. The molecular weight excluding hydrogens is 208 g/mol. The van der Waals surface area contributed by atoms with Crippen molar-refractivity contribution in [3.63, 3.8) is 0 Å². The number of nitro groups is 1. The standard InChI is InChI=1S/C11H10N2O3/c1-8-4-2-5-9(13(14)15)11(8)16-10-6-3-7-12-10/h2-7,12H,1H3. The van der Waals surface area contributed by atoms with Gasteiger partial charge in [0.25, 0.3) is 0 Å². The van der Waals surface area contributed by atoms with E-state index in [1.165, 1.54) is 6.07 Å². The molecule has 2 rings (SSSR count). The zero-order valence-corrected chi connectivity index (χ0v) is 8.64. The number of nitrogens with zero attached hydrogens (tertiary/aromatic N) is 1. The predicted molar refractivity (Wildman–Crippen MR) is 58.7 cm³/mol. The second-order valence-electron chi connectivity index (χ2n) is 3.32. The van der Waals surface area contributed by atoms with E-state index >= 15 is 0 Å². The highest BCUT2D eigenvalue weighted by Gasteiger charge is 2.17. The fourth-order valence-electron chi connectivity index (χ4n) is 1.40. The van der Waals surface area contributed by atoms with Gasteiger partial charge < -0.3 is 9.72 Å². The zero-order valence-electron chi connectivity index (χ0n) is 8.64. The molecule has 1 heterocycles. The minimum atomic E-state index is -0.453. The lowest BCUT2D eigenvalue weighted by molar-refractivity contribution is -0.385. The van der Waals surface area contributed by atoms with Crippen molar-refractivity contribution >= 4 is 5.69 Å². The van der Waals surface area contributed by atoms with E-state index in [-0.39, 0.29) is 11.4 Å². The van der Waals surface area contributed by atoms with Gasteiger partial charge >= 0.3 is 5.69 Å². The first-order chi connectivity index (χ1) is 7.68. The first kappa shape index (κ1) is 10.2. The number of nitrogens with one attached hydrogen (secondary N) is 1. The summed E-state index contributed by atoms with van der Waals surface area (Å²) in [4.78, 5) is 13.2. The Hall–Kier alpha value is -2.30. The van der Waals surface area contributed by atoms with Crippen LogP contribution < -0.4 is 4.74 Å². The molecule has 0 spiro atoms. The van der Waals surface area contributed by atoms with Gasteiger partial charge in [-0.1, -0.05) is 12.1 Å². The van der Waals surface area contributed by atoms with Crippen molar-refractivity contribution in [3.8, 4) is 11.6 Å². The van der Waals surface area contributed by atoms with Gasteiger partial charge in [-0.15, -0.1) is 0 Å². The van der Waals surface area contributed by atoms with Crippen LogP contribution in [0.15, 0.2) is 36.5 Å². The summed E-state index contributed by atoms with van der Waals surface area (Å²) in [5.74, 6) is 0.757. The fraction of sp³-hybridized carbons (Fsp3) is 0.0909. The molecule has 0 bridgehead atoms. The second-order valence-corrected chi connectivity index (χ2v) is 3.32. The minimum absolute atomic E-state index is 0.0328. The lowest BCUT2D eigenvalue weighted by Gasteiger charge is -2.06. The molecule has 5 nitrogen and oxygen atoms in total. The topological polar surface area (TPSA) is 68.2 Å². The molecule has 5 heteroatoms. The van der Waals surface area contributed by atoms with Crippen molar-refractivity contribution in [1.82, 2.24) is 4.98 Å². The molecule has 0 aliphatic rings. The summed E-state index contributed by atoms with van der Waals surface area (Å²) >= 11 is 0. The van der Waals surface area contributed by atoms with E-state index in [9.17, 15) is 10.1 Å². The van der Waals surface area contributed by atoms with Gasteiger partial charge in [-0.2, -0.15) is 0 Å². The van der Waals surface area contributed by atoms with E-state index in [1.54, 1.807) is 37.4 Å². The van der Waals surface area contributed by atoms with Gasteiger partial charge in [0.15, 0.2) is 5.88 Å². The number of para-hydroxylation sites is 1. The molecule has 0 fully saturated rings. The van der Waals surface area contributed by atoms with Crippen LogP contribution in [0.2, 0.25) is 0 Å². The summed E-state index contributed by atoms with van der Waals surface area (Å²) in [6.07, 6.45) is 1.69. The van der Waals surface area contributed by atoms with Gasteiger partial charge in [-0.25, -0.2) is 0 Å². The van der Waals surface area contributed by atoms with Crippen molar-refractivity contribution < 1.29 is 9.66 Å². The zero-order chi connectivity index (χ0) is 11.5. The van der Waals surface area contributed by atoms with Crippen LogP contribution in [0.1, 0.15) is 5.56 Å². The first-order valence-corrected chi connectivity index (χ1v) is 4.74. The largest absolute Gasteiger partial charge is 0.434 e. The number of aromatic nitrogens is 1. The van der Waals surface area contributed by atoms with E-state index in [1.807, 2.05) is 0 Å². The summed E-state index contributed by atoms with van der Waals surface area (Å²) in [6.45, 7) is 1.77. The van der Waals surface area contributed by atoms with Gasteiger partial charge in [-0.05, 0) is 18.6 Å². The van der Waals surface area contributed by atoms with Crippen LogP contribution in [-0.2, 0) is 0 Å². The monoisotopic (exact) mass is 218 g/mol. The molecule has 0 saturated heterocycles. The molecule has 1 aromatic carbocycles. The van der Waals surface area contributed by atoms with E-state index in [0.717, 1.165) is 5.56 Å². The van der Waals surface area contributed by atoms with Crippen molar-refractivity contribution in [3.05, 3.63) is 52.2 Å². The van der Waals surface area contributed by atoms with Crippen LogP contribution >= 0.6 is 0 Å². The summed E-state index contributed by atoms with van der Waals surface area (Å²) in [5.41, 5.74) is 0.693. The summed E-state index contributed by atoms with van der Waals surface area (Å²) in [6, 6.07) is 8.29. The Labute approximate surface area is 91.8 Å². The number of rotatable bonds is 3. The van der Waals surface area contributed by atoms with E-state index in [0.29, 0.717) is 5.88 Å². The summed E-state index contributed by atoms with van der Waals surface area (Å²) in [5, 5.41) is 10.8. The molecule has 1 N–H and O–H groups in total. The Morgan fingerprint density at radius 3 is 2.75 bits per heavy atom. The van der Waals surface area contributed by atoms with Gasteiger partial charge in [0, 0.05) is 18.3 Å². The lowest BCUT2D eigenvalue weighted by atomic mass is 10.2. The van der Waals surface area contributed by atoms with Gasteiger partial charge in [0.2, 0.25) is 5.75 Å². The number of hydrogen-bond acceptors (Lipinski definition) is 3. The molecule has 0 saturated carbocycles. The molecule has 0 unspecified atom stereocenters. The maximum atomic E-state index is 10.8. The molecule has 0 amide bonds. The van der Waals surface area contributed by atoms with Gasteiger partial charge in [-0.3, -0.25) is 10.1 Å². The van der Waals surface area contributed by atoms with Crippen molar-refractivity contribution in [2.75, 3.05) is 0 Å². The number of benzene rings is 1. The third-order valence-electron chi connectivity index (χ3n) is 2.17.